The average Bonchev–Trinajstić information content (AvgIpc) is 2.92. The van der Waals surface area contributed by atoms with E-state index in [4.69, 9.17) is 4.74 Å². The van der Waals surface area contributed by atoms with Crippen LogP contribution in [0, 0.1) is 6.92 Å². The van der Waals surface area contributed by atoms with Crippen LogP contribution in [0.4, 0.5) is 5.69 Å². The van der Waals surface area contributed by atoms with Gasteiger partial charge in [0.1, 0.15) is 11.9 Å². The van der Waals surface area contributed by atoms with Gasteiger partial charge >= 0.3 is 0 Å². The van der Waals surface area contributed by atoms with Crippen LogP contribution in [0.3, 0.4) is 0 Å². The highest BCUT2D eigenvalue weighted by Crippen LogP contribution is 2.32. The number of hydrogen-bond donors (Lipinski definition) is 0. The summed E-state index contributed by atoms with van der Waals surface area (Å²) in [7, 11) is 3.65. The lowest BCUT2D eigenvalue weighted by molar-refractivity contribution is 0.0708. The van der Waals surface area contributed by atoms with Crippen LogP contribution < -0.4 is 9.64 Å². The van der Waals surface area contributed by atoms with Crippen molar-refractivity contribution in [3.05, 3.63) is 41.7 Å². The Bertz CT molecular complexity index is 740. The number of nitrogens with zero attached hydrogens (tertiary/aromatic N) is 4. The summed E-state index contributed by atoms with van der Waals surface area (Å²) in [5, 5.41) is 4.15. The molecule has 2 heterocycles. The van der Waals surface area contributed by atoms with E-state index in [0.717, 1.165) is 30.2 Å². The van der Waals surface area contributed by atoms with Gasteiger partial charge in [0.2, 0.25) is 0 Å². The molecule has 24 heavy (non-hydrogen) atoms. The Morgan fingerprint density at radius 3 is 2.83 bits per heavy atom. The number of hydrogen-bond acceptors (Lipinski definition) is 4. The highest BCUT2D eigenvalue weighted by atomic mass is 16.5. The molecule has 0 radical (unpaired) electrons. The zero-order chi connectivity index (χ0) is 17.3. The van der Waals surface area contributed by atoms with Gasteiger partial charge < -0.3 is 14.5 Å². The molecule has 0 unspecified atom stereocenters. The van der Waals surface area contributed by atoms with Crippen molar-refractivity contribution in [2.24, 2.45) is 7.05 Å². The number of ether oxygens (including phenoxy) is 1. The molecule has 1 aromatic heterocycles. The van der Waals surface area contributed by atoms with Crippen LogP contribution >= 0.6 is 0 Å². The lowest BCUT2D eigenvalue weighted by atomic mass is 10.1. The van der Waals surface area contributed by atoms with Crippen molar-refractivity contribution in [2.45, 2.75) is 20.0 Å². The van der Waals surface area contributed by atoms with E-state index in [2.05, 4.69) is 23.0 Å². The van der Waals surface area contributed by atoms with Crippen molar-refractivity contribution in [1.82, 2.24) is 14.7 Å². The lowest BCUT2D eigenvalue weighted by Crippen LogP contribution is -2.46. The van der Waals surface area contributed by atoms with E-state index in [9.17, 15) is 4.79 Å². The molecular formula is C18H24N4O2. The first-order chi connectivity index (χ1) is 11.5. The molecule has 0 spiro atoms. The summed E-state index contributed by atoms with van der Waals surface area (Å²) < 4.78 is 7.82. The topological polar surface area (TPSA) is 50.6 Å². The molecule has 6 heteroatoms. The maximum Gasteiger partial charge on any atom is 0.257 e. The van der Waals surface area contributed by atoms with Gasteiger partial charge in [-0.3, -0.25) is 9.48 Å². The lowest BCUT2D eigenvalue weighted by Gasteiger charge is -2.37. The van der Waals surface area contributed by atoms with Gasteiger partial charge in [-0.05, 0) is 26.0 Å². The minimum absolute atomic E-state index is 0.0221. The minimum Gasteiger partial charge on any atom is -0.485 e. The Morgan fingerprint density at radius 1 is 1.42 bits per heavy atom. The molecule has 2 aromatic rings. The first-order valence-corrected chi connectivity index (χ1v) is 8.26. The quantitative estimate of drug-likeness (QED) is 0.862. The first kappa shape index (κ1) is 16.4. The third-order valence-corrected chi connectivity index (χ3v) is 4.60. The molecule has 1 atom stereocenters. The number of likely N-dealkylation sites (N-methyl/N-ethyl adjacent to an activating group) is 2. The highest BCUT2D eigenvalue weighted by Gasteiger charge is 2.27. The maximum absolute atomic E-state index is 12.7. The largest absolute Gasteiger partial charge is 0.485 e. The molecule has 1 aromatic carbocycles. The van der Waals surface area contributed by atoms with E-state index < -0.39 is 0 Å². The van der Waals surface area contributed by atoms with Crippen molar-refractivity contribution >= 4 is 11.6 Å². The van der Waals surface area contributed by atoms with Gasteiger partial charge in [-0.15, -0.1) is 0 Å². The van der Waals surface area contributed by atoms with Gasteiger partial charge in [-0.25, -0.2) is 0 Å². The molecule has 1 aliphatic heterocycles. The van der Waals surface area contributed by atoms with Crippen LogP contribution in [0.5, 0.6) is 5.75 Å². The number of anilines is 1. The van der Waals surface area contributed by atoms with Gasteiger partial charge in [-0.1, -0.05) is 12.1 Å². The number of carbonyl (C=O) groups is 1. The Morgan fingerprint density at radius 2 is 2.17 bits per heavy atom. The second kappa shape index (κ2) is 6.55. The molecule has 128 valence electrons. The number of aryl methyl sites for hydroxylation is 1. The van der Waals surface area contributed by atoms with Crippen LogP contribution in [-0.4, -0.2) is 53.4 Å². The third-order valence-electron chi connectivity index (χ3n) is 4.60. The highest BCUT2D eigenvalue weighted by molar-refractivity contribution is 5.94. The Balaban J connectivity index is 1.72. The summed E-state index contributed by atoms with van der Waals surface area (Å²) in [6, 6.07) is 8.05. The molecule has 0 bridgehead atoms. The zero-order valence-corrected chi connectivity index (χ0v) is 14.7. The standard InChI is InChI=1S/C18H24N4O2/c1-5-22-12-14(24-17-9-7-6-8-16(17)22)11-20(3)18(23)15-10-19-21(4)13(15)2/h6-10,14H,5,11-12H2,1-4H3/t14-/m0/s1. The molecule has 6 nitrogen and oxygen atoms in total. The van der Waals surface area contributed by atoms with Gasteiger partial charge in [0, 0.05) is 26.3 Å². The summed E-state index contributed by atoms with van der Waals surface area (Å²) in [5.74, 6) is 0.861. The van der Waals surface area contributed by atoms with E-state index in [1.165, 1.54) is 0 Å². The molecule has 1 amide bonds. The molecule has 0 saturated heterocycles. The van der Waals surface area contributed by atoms with E-state index in [0.29, 0.717) is 12.1 Å². The number of carbonyl (C=O) groups excluding carboxylic acids is 1. The smallest absolute Gasteiger partial charge is 0.257 e. The van der Waals surface area contributed by atoms with Gasteiger partial charge in [0.25, 0.3) is 5.91 Å². The predicted molar refractivity (Wildman–Crippen MR) is 93.7 cm³/mol. The fraction of sp³-hybridized carbons (Fsp3) is 0.444. The summed E-state index contributed by atoms with van der Waals surface area (Å²) in [4.78, 5) is 16.7. The van der Waals surface area contributed by atoms with E-state index in [1.807, 2.05) is 39.2 Å². The monoisotopic (exact) mass is 328 g/mol. The first-order valence-electron chi connectivity index (χ1n) is 8.26. The fourth-order valence-corrected chi connectivity index (χ4v) is 3.08. The fourth-order valence-electron chi connectivity index (χ4n) is 3.08. The van der Waals surface area contributed by atoms with E-state index >= 15 is 0 Å². The summed E-state index contributed by atoms with van der Waals surface area (Å²) >= 11 is 0. The summed E-state index contributed by atoms with van der Waals surface area (Å²) in [6.45, 7) is 6.26. The second-order valence-corrected chi connectivity index (χ2v) is 6.20. The number of amides is 1. The average molecular weight is 328 g/mol. The predicted octanol–water partition coefficient (Wildman–Crippen LogP) is 2.09. The molecular weight excluding hydrogens is 304 g/mol. The van der Waals surface area contributed by atoms with Crippen LogP contribution in [0.2, 0.25) is 0 Å². The van der Waals surface area contributed by atoms with Crippen molar-refractivity contribution in [1.29, 1.82) is 0 Å². The Kier molecular flexibility index (Phi) is 4.46. The molecule has 1 aliphatic rings. The van der Waals surface area contributed by atoms with Gasteiger partial charge in [0.05, 0.1) is 30.5 Å². The maximum atomic E-state index is 12.7. The number of rotatable bonds is 4. The van der Waals surface area contributed by atoms with Crippen LogP contribution in [0.1, 0.15) is 23.0 Å². The summed E-state index contributed by atoms with van der Waals surface area (Å²) in [6.07, 6.45) is 1.58. The van der Waals surface area contributed by atoms with Crippen LogP contribution in [0.25, 0.3) is 0 Å². The van der Waals surface area contributed by atoms with Gasteiger partial charge in [0.15, 0.2) is 0 Å². The third kappa shape index (κ3) is 2.96. The number of aromatic nitrogens is 2. The van der Waals surface area contributed by atoms with E-state index in [1.54, 1.807) is 15.8 Å². The normalized spacial score (nSPS) is 16.5. The number of fused-ring (bicyclic) bond motifs is 1. The second-order valence-electron chi connectivity index (χ2n) is 6.20. The van der Waals surface area contributed by atoms with Gasteiger partial charge in [-0.2, -0.15) is 5.10 Å². The molecule has 0 saturated carbocycles. The molecule has 0 aliphatic carbocycles. The molecule has 3 rings (SSSR count). The minimum atomic E-state index is -0.0502. The Hall–Kier alpha value is -2.50. The van der Waals surface area contributed by atoms with Crippen molar-refractivity contribution in [3.63, 3.8) is 0 Å². The zero-order valence-electron chi connectivity index (χ0n) is 14.7. The molecule has 0 fully saturated rings. The van der Waals surface area contributed by atoms with Crippen molar-refractivity contribution < 1.29 is 9.53 Å². The number of benzene rings is 1. The van der Waals surface area contributed by atoms with Crippen LogP contribution in [0.15, 0.2) is 30.5 Å². The van der Waals surface area contributed by atoms with Crippen LogP contribution in [-0.2, 0) is 7.05 Å². The SMILES string of the molecule is CCN1C[C@H](CN(C)C(=O)c2cnn(C)c2C)Oc2ccccc21. The molecule has 0 N–H and O–H groups in total. The van der Waals surface area contributed by atoms with Crippen molar-refractivity contribution in [3.8, 4) is 5.75 Å². The summed E-state index contributed by atoms with van der Waals surface area (Å²) in [5.41, 5.74) is 2.63. The Labute approximate surface area is 142 Å². The van der Waals surface area contributed by atoms with Crippen molar-refractivity contribution in [2.75, 3.05) is 31.6 Å². The number of para-hydroxylation sites is 2. The van der Waals surface area contributed by atoms with E-state index in [-0.39, 0.29) is 12.0 Å².